The van der Waals surface area contributed by atoms with E-state index >= 15 is 0 Å². The summed E-state index contributed by atoms with van der Waals surface area (Å²) in [5.41, 5.74) is 7.69. The van der Waals surface area contributed by atoms with Gasteiger partial charge in [-0.05, 0) is 29.9 Å². The highest BCUT2D eigenvalue weighted by molar-refractivity contribution is 5.97. The summed E-state index contributed by atoms with van der Waals surface area (Å²) in [6.07, 6.45) is 1.13. The fourth-order valence-corrected chi connectivity index (χ4v) is 2.70. The fourth-order valence-electron chi connectivity index (χ4n) is 2.70. The molecule has 3 N–H and O–H groups in total. The SMILES string of the molecule is CC(C)(C)C1CCN(c2cccc(C(=O)O)c2N)C1. The summed E-state index contributed by atoms with van der Waals surface area (Å²) in [4.78, 5) is 13.3. The molecule has 1 heterocycles. The third-order valence-corrected chi connectivity index (χ3v) is 4.07. The van der Waals surface area contributed by atoms with Crippen LogP contribution in [0.1, 0.15) is 37.6 Å². The molecule has 1 aliphatic heterocycles. The van der Waals surface area contributed by atoms with E-state index in [1.54, 1.807) is 12.1 Å². The number of nitrogens with zero attached hydrogens (tertiary/aromatic N) is 1. The van der Waals surface area contributed by atoms with Crippen LogP contribution in [0.2, 0.25) is 0 Å². The Morgan fingerprint density at radius 2 is 2.11 bits per heavy atom. The lowest BCUT2D eigenvalue weighted by molar-refractivity contribution is 0.0698. The highest BCUT2D eigenvalue weighted by Crippen LogP contribution is 2.37. The maximum absolute atomic E-state index is 11.1. The van der Waals surface area contributed by atoms with Gasteiger partial charge in [-0.2, -0.15) is 0 Å². The quantitative estimate of drug-likeness (QED) is 0.804. The number of hydrogen-bond acceptors (Lipinski definition) is 3. The second-order valence-corrected chi connectivity index (χ2v) is 6.34. The van der Waals surface area contributed by atoms with E-state index in [2.05, 4.69) is 25.7 Å². The minimum atomic E-state index is -0.967. The van der Waals surface area contributed by atoms with Gasteiger partial charge in [0.2, 0.25) is 0 Å². The average molecular weight is 262 g/mol. The van der Waals surface area contributed by atoms with Crippen molar-refractivity contribution in [3.63, 3.8) is 0 Å². The number of hydrogen-bond donors (Lipinski definition) is 2. The van der Waals surface area contributed by atoms with Gasteiger partial charge >= 0.3 is 5.97 Å². The highest BCUT2D eigenvalue weighted by Gasteiger charge is 2.32. The molecular formula is C15H22N2O2. The lowest BCUT2D eigenvalue weighted by Crippen LogP contribution is -2.26. The van der Waals surface area contributed by atoms with Crippen molar-refractivity contribution in [3.8, 4) is 0 Å². The second kappa shape index (κ2) is 4.76. The topological polar surface area (TPSA) is 66.6 Å². The van der Waals surface area contributed by atoms with Gasteiger partial charge in [-0.1, -0.05) is 26.8 Å². The van der Waals surface area contributed by atoms with Crippen molar-refractivity contribution in [2.24, 2.45) is 11.3 Å². The minimum Gasteiger partial charge on any atom is -0.478 e. The first-order valence-electron chi connectivity index (χ1n) is 6.67. The number of carboxylic acids is 1. The lowest BCUT2D eigenvalue weighted by atomic mass is 9.80. The number of nitrogen functional groups attached to an aromatic ring is 1. The van der Waals surface area contributed by atoms with Crippen LogP contribution < -0.4 is 10.6 Å². The molecule has 0 saturated carbocycles. The third kappa shape index (κ3) is 2.67. The molecular weight excluding hydrogens is 240 g/mol. The van der Waals surface area contributed by atoms with Gasteiger partial charge in [-0.3, -0.25) is 0 Å². The molecule has 1 fully saturated rings. The molecule has 1 aromatic carbocycles. The number of benzene rings is 1. The Morgan fingerprint density at radius 1 is 1.42 bits per heavy atom. The van der Waals surface area contributed by atoms with Crippen LogP contribution in [0, 0.1) is 11.3 Å². The van der Waals surface area contributed by atoms with Crippen molar-refractivity contribution < 1.29 is 9.90 Å². The fraction of sp³-hybridized carbons (Fsp3) is 0.533. The van der Waals surface area contributed by atoms with Gasteiger partial charge in [0.15, 0.2) is 0 Å². The van der Waals surface area contributed by atoms with E-state index in [-0.39, 0.29) is 11.0 Å². The molecule has 4 nitrogen and oxygen atoms in total. The van der Waals surface area contributed by atoms with E-state index in [9.17, 15) is 4.79 Å². The Bertz CT molecular complexity index is 491. The third-order valence-electron chi connectivity index (χ3n) is 4.07. The van der Waals surface area contributed by atoms with Gasteiger partial charge < -0.3 is 15.7 Å². The molecule has 0 aliphatic carbocycles. The predicted molar refractivity (Wildman–Crippen MR) is 77.6 cm³/mol. The average Bonchev–Trinajstić information content (AvgIpc) is 2.77. The van der Waals surface area contributed by atoms with E-state index < -0.39 is 5.97 Å². The number of para-hydroxylation sites is 1. The standard InChI is InChI=1S/C15H22N2O2/c1-15(2,3)10-7-8-17(9-10)12-6-4-5-11(13(12)16)14(18)19/h4-6,10H,7-9,16H2,1-3H3,(H,18,19). The van der Waals surface area contributed by atoms with Crippen LogP contribution in [0.5, 0.6) is 0 Å². The molecule has 1 aliphatic rings. The molecule has 2 rings (SSSR count). The van der Waals surface area contributed by atoms with Crippen LogP contribution in [-0.4, -0.2) is 24.2 Å². The highest BCUT2D eigenvalue weighted by atomic mass is 16.4. The molecule has 104 valence electrons. The summed E-state index contributed by atoms with van der Waals surface area (Å²) in [6, 6.07) is 5.23. The zero-order valence-corrected chi connectivity index (χ0v) is 11.8. The van der Waals surface area contributed by atoms with E-state index in [0.29, 0.717) is 11.6 Å². The van der Waals surface area contributed by atoms with Gasteiger partial charge in [-0.25, -0.2) is 4.79 Å². The van der Waals surface area contributed by atoms with Crippen molar-refractivity contribution in [1.29, 1.82) is 0 Å². The molecule has 0 spiro atoms. The van der Waals surface area contributed by atoms with Gasteiger partial charge in [0.1, 0.15) is 0 Å². The van der Waals surface area contributed by atoms with Crippen LogP contribution in [0.3, 0.4) is 0 Å². The molecule has 4 heteroatoms. The van der Waals surface area contributed by atoms with E-state index in [0.717, 1.165) is 25.2 Å². The molecule has 19 heavy (non-hydrogen) atoms. The Balaban J connectivity index is 2.25. The smallest absolute Gasteiger partial charge is 0.337 e. The van der Waals surface area contributed by atoms with Crippen molar-refractivity contribution in [2.75, 3.05) is 23.7 Å². The molecule has 0 aromatic heterocycles. The number of aromatic carboxylic acids is 1. The largest absolute Gasteiger partial charge is 0.478 e. The molecule has 0 bridgehead atoms. The van der Waals surface area contributed by atoms with Crippen molar-refractivity contribution in [2.45, 2.75) is 27.2 Å². The van der Waals surface area contributed by atoms with Crippen LogP contribution >= 0.6 is 0 Å². The molecule has 1 atom stereocenters. The van der Waals surface area contributed by atoms with Crippen molar-refractivity contribution in [3.05, 3.63) is 23.8 Å². The summed E-state index contributed by atoms with van der Waals surface area (Å²) in [6.45, 7) is 8.63. The van der Waals surface area contributed by atoms with Crippen LogP contribution in [0.25, 0.3) is 0 Å². The predicted octanol–water partition coefficient (Wildman–Crippen LogP) is 2.84. The number of anilines is 2. The molecule has 1 saturated heterocycles. The number of nitrogens with two attached hydrogens (primary N) is 1. The monoisotopic (exact) mass is 262 g/mol. The summed E-state index contributed by atoms with van der Waals surface area (Å²) in [7, 11) is 0. The van der Waals surface area contributed by atoms with Crippen molar-refractivity contribution >= 4 is 17.3 Å². The zero-order valence-electron chi connectivity index (χ0n) is 11.8. The Hall–Kier alpha value is -1.71. The van der Waals surface area contributed by atoms with Gasteiger partial charge in [0, 0.05) is 13.1 Å². The second-order valence-electron chi connectivity index (χ2n) is 6.34. The summed E-state index contributed by atoms with van der Waals surface area (Å²) in [5, 5.41) is 9.12. The van der Waals surface area contributed by atoms with E-state index in [1.807, 2.05) is 6.07 Å². The molecule has 0 amide bonds. The first-order valence-corrected chi connectivity index (χ1v) is 6.67. The van der Waals surface area contributed by atoms with Crippen LogP contribution in [-0.2, 0) is 0 Å². The maximum Gasteiger partial charge on any atom is 0.337 e. The molecule has 1 unspecified atom stereocenters. The van der Waals surface area contributed by atoms with Crippen LogP contribution in [0.15, 0.2) is 18.2 Å². The van der Waals surface area contributed by atoms with E-state index in [4.69, 9.17) is 10.8 Å². The normalized spacial score (nSPS) is 19.7. The minimum absolute atomic E-state index is 0.191. The first kappa shape index (κ1) is 13.7. The lowest BCUT2D eigenvalue weighted by Gasteiger charge is -2.28. The molecule has 1 aromatic rings. The van der Waals surface area contributed by atoms with Gasteiger partial charge in [-0.15, -0.1) is 0 Å². The molecule has 0 radical (unpaired) electrons. The number of carboxylic acid groups (broad SMARTS) is 1. The van der Waals surface area contributed by atoms with Crippen molar-refractivity contribution in [1.82, 2.24) is 0 Å². The van der Waals surface area contributed by atoms with Crippen LogP contribution in [0.4, 0.5) is 11.4 Å². The van der Waals surface area contributed by atoms with Gasteiger partial charge in [0.25, 0.3) is 0 Å². The summed E-state index contributed by atoms with van der Waals surface area (Å²) >= 11 is 0. The Kier molecular flexibility index (Phi) is 3.43. The maximum atomic E-state index is 11.1. The Labute approximate surface area is 114 Å². The summed E-state index contributed by atoms with van der Waals surface area (Å²) < 4.78 is 0. The van der Waals surface area contributed by atoms with Gasteiger partial charge in [0.05, 0.1) is 16.9 Å². The zero-order chi connectivity index (χ0) is 14.2. The first-order chi connectivity index (χ1) is 8.80. The number of carbonyl (C=O) groups is 1. The number of rotatable bonds is 2. The Morgan fingerprint density at radius 3 is 2.63 bits per heavy atom. The summed E-state index contributed by atoms with van der Waals surface area (Å²) in [5.74, 6) is -0.355. The van der Waals surface area contributed by atoms with E-state index in [1.165, 1.54) is 0 Å².